The van der Waals surface area contributed by atoms with Crippen LogP contribution in [0.5, 0.6) is 0 Å². The Kier molecular flexibility index (Phi) is 4.07. The van der Waals surface area contributed by atoms with Crippen LogP contribution in [-0.2, 0) is 11.3 Å². The number of hydrogen-bond donors (Lipinski definition) is 1. The lowest BCUT2D eigenvalue weighted by atomic mass is 9.99. The van der Waals surface area contributed by atoms with Crippen molar-refractivity contribution in [1.29, 1.82) is 0 Å². The molecule has 0 unspecified atom stereocenters. The number of nitrogens with one attached hydrogen (secondary N) is 1. The SMILES string of the molecule is Cc1cc(C)n(CC(=O)N2CCCC[C@H]2c2cc3ccccc3[nH]2)n1. The lowest BCUT2D eigenvalue weighted by Gasteiger charge is -2.35. The molecule has 1 amide bonds. The zero-order chi connectivity index (χ0) is 17.4. The summed E-state index contributed by atoms with van der Waals surface area (Å²) in [7, 11) is 0. The molecule has 0 aliphatic carbocycles. The molecule has 5 heteroatoms. The summed E-state index contributed by atoms with van der Waals surface area (Å²) in [6, 6.07) is 12.6. The van der Waals surface area contributed by atoms with E-state index in [4.69, 9.17) is 0 Å². The van der Waals surface area contributed by atoms with Gasteiger partial charge >= 0.3 is 0 Å². The Morgan fingerprint density at radius 2 is 2.08 bits per heavy atom. The van der Waals surface area contributed by atoms with Gasteiger partial charge in [-0.2, -0.15) is 5.10 Å². The van der Waals surface area contributed by atoms with Gasteiger partial charge in [-0.15, -0.1) is 0 Å². The molecule has 3 aromatic rings. The smallest absolute Gasteiger partial charge is 0.244 e. The number of carbonyl (C=O) groups is 1. The van der Waals surface area contributed by atoms with Crippen molar-refractivity contribution < 1.29 is 4.79 Å². The van der Waals surface area contributed by atoms with Crippen molar-refractivity contribution in [3.8, 4) is 0 Å². The Morgan fingerprint density at radius 3 is 2.84 bits per heavy atom. The molecular formula is C20H24N4O. The fourth-order valence-electron chi connectivity index (χ4n) is 3.88. The molecule has 0 radical (unpaired) electrons. The third-order valence-electron chi connectivity index (χ3n) is 5.12. The van der Waals surface area contributed by atoms with E-state index in [1.807, 2.05) is 41.6 Å². The van der Waals surface area contributed by atoms with Gasteiger partial charge in [0.25, 0.3) is 0 Å². The highest BCUT2D eigenvalue weighted by Gasteiger charge is 2.29. The van der Waals surface area contributed by atoms with Gasteiger partial charge in [0, 0.05) is 23.4 Å². The molecule has 1 aliphatic heterocycles. The molecule has 0 bridgehead atoms. The van der Waals surface area contributed by atoms with Crippen LogP contribution in [-0.4, -0.2) is 32.1 Å². The van der Waals surface area contributed by atoms with Gasteiger partial charge in [-0.3, -0.25) is 9.48 Å². The zero-order valence-electron chi connectivity index (χ0n) is 14.8. The fourth-order valence-corrected chi connectivity index (χ4v) is 3.88. The fraction of sp³-hybridized carbons (Fsp3) is 0.400. The minimum atomic E-state index is 0.130. The molecule has 25 heavy (non-hydrogen) atoms. The number of carbonyl (C=O) groups excluding carboxylic acids is 1. The van der Waals surface area contributed by atoms with Crippen molar-refractivity contribution >= 4 is 16.8 Å². The quantitative estimate of drug-likeness (QED) is 0.792. The van der Waals surface area contributed by atoms with Gasteiger partial charge < -0.3 is 9.88 Å². The monoisotopic (exact) mass is 336 g/mol. The number of para-hydroxylation sites is 1. The van der Waals surface area contributed by atoms with Crippen molar-refractivity contribution in [2.75, 3.05) is 6.54 Å². The first-order valence-corrected chi connectivity index (χ1v) is 9.00. The number of hydrogen-bond acceptors (Lipinski definition) is 2. The summed E-state index contributed by atoms with van der Waals surface area (Å²) < 4.78 is 1.81. The molecule has 0 spiro atoms. The number of aromatic nitrogens is 3. The highest BCUT2D eigenvalue weighted by molar-refractivity contribution is 5.81. The van der Waals surface area contributed by atoms with Gasteiger partial charge in [-0.1, -0.05) is 18.2 Å². The van der Waals surface area contributed by atoms with E-state index >= 15 is 0 Å². The maximum absolute atomic E-state index is 13.0. The number of aryl methyl sites for hydroxylation is 2. The van der Waals surface area contributed by atoms with E-state index in [0.717, 1.165) is 48.4 Å². The Morgan fingerprint density at radius 1 is 1.24 bits per heavy atom. The van der Waals surface area contributed by atoms with E-state index in [9.17, 15) is 4.79 Å². The summed E-state index contributed by atoms with van der Waals surface area (Å²) >= 11 is 0. The van der Waals surface area contributed by atoms with Gasteiger partial charge in [-0.25, -0.2) is 0 Å². The molecule has 1 fully saturated rings. The highest BCUT2D eigenvalue weighted by atomic mass is 16.2. The summed E-state index contributed by atoms with van der Waals surface area (Å²) in [4.78, 5) is 18.5. The largest absolute Gasteiger partial charge is 0.357 e. The molecular weight excluding hydrogens is 312 g/mol. The Labute approximate surface area is 147 Å². The second-order valence-electron chi connectivity index (χ2n) is 7.00. The van der Waals surface area contributed by atoms with E-state index in [0.29, 0.717) is 6.54 Å². The average Bonchev–Trinajstić information content (AvgIpc) is 3.17. The number of nitrogens with zero attached hydrogens (tertiary/aromatic N) is 3. The van der Waals surface area contributed by atoms with Crippen LogP contribution in [0.4, 0.5) is 0 Å². The van der Waals surface area contributed by atoms with Crippen molar-refractivity contribution in [2.24, 2.45) is 0 Å². The second kappa shape index (κ2) is 6.39. The van der Waals surface area contributed by atoms with Gasteiger partial charge in [0.2, 0.25) is 5.91 Å². The van der Waals surface area contributed by atoms with Gasteiger partial charge in [0.15, 0.2) is 0 Å². The molecule has 3 heterocycles. The minimum absolute atomic E-state index is 0.130. The highest BCUT2D eigenvalue weighted by Crippen LogP contribution is 2.32. The number of amides is 1. The first-order valence-electron chi connectivity index (χ1n) is 9.00. The molecule has 1 atom stereocenters. The van der Waals surface area contributed by atoms with Crippen molar-refractivity contribution in [3.05, 3.63) is 53.5 Å². The molecule has 5 nitrogen and oxygen atoms in total. The summed E-state index contributed by atoms with van der Waals surface area (Å²) in [6.07, 6.45) is 3.24. The molecule has 2 aromatic heterocycles. The Bertz CT molecular complexity index is 874. The Balaban J connectivity index is 1.60. The van der Waals surface area contributed by atoms with E-state index in [-0.39, 0.29) is 11.9 Å². The van der Waals surface area contributed by atoms with Crippen LogP contribution in [0.1, 0.15) is 42.4 Å². The maximum Gasteiger partial charge on any atom is 0.244 e. The number of rotatable bonds is 3. The first kappa shape index (κ1) is 15.9. The molecule has 1 aliphatic rings. The van der Waals surface area contributed by atoms with E-state index in [1.165, 1.54) is 5.39 Å². The predicted octanol–water partition coefficient (Wildman–Crippen LogP) is 3.74. The zero-order valence-corrected chi connectivity index (χ0v) is 14.8. The standard InChI is InChI=1S/C20H24N4O/c1-14-11-15(2)24(22-14)13-20(25)23-10-6-5-9-19(23)18-12-16-7-3-4-8-17(16)21-18/h3-4,7-8,11-12,19,21H,5-6,9-10,13H2,1-2H3/t19-/m0/s1. The van der Waals surface area contributed by atoms with E-state index in [2.05, 4.69) is 28.3 Å². The van der Waals surface area contributed by atoms with Crippen LogP contribution in [0.15, 0.2) is 36.4 Å². The topological polar surface area (TPSA) is 53.9 Å². The van der Waals surface area contributed by atoms with Crippen molar-refractivity contribution in [2.45, 2.75) is 45.7 Å². The average molecular weight is 336 g/mol. The summed E-state index contributed by atoms with van der Waals surface area (Å²) in [5.41, 5.74) is 4.26. The van der Waals surface area contributed by atoms with Crippen LogP contribution in [0.25, 0.3) is 10.9 Å². The normalized spacial score (nSPS) is 18.0. The molecule has 4 rings (SSSR count). The van der Waals surface area contributed by atoms with Crippen molar-refractivity contribution in [3.63, 3.8) is 0 Å². The third-order valence-corrected chi connectivity index (χ3v) is 5.12. The van der Waals surface area contributed by atoms with E-state index in [1.54, 1.807) is 0 Å². The maximum atomic E-state index is 13.0. The van der Waals surface area contributed by atoms with Crippen LogP contribution < -0.4 is 0 Å². The van der Waals surface area contributed by atoms with Crippen LogP contribution in [0.3, 0.4) is 0 Å². The third kappa shape index (κ3) is 3.06. The number of benzene rings is 1. The molecule has 1 N–H and O–H groups in total. The summed E-state index contributed by atoms with van der Waals surface area (Å²) in [5.74, 6) is 0.148. The molecule has 1 saturated heterocycles. The van der Waals surface area contributed by atoms with Crippen molar-refractivity contribution in [1.82, 2.24) is 19.7 Å². The first-order chi connectivity index (χ1) is 12.1. The van der Waals surface area contributed by atoms with Gasteiger partial charge in [0.05, 0.1) is 11.7 Å². The van der Waals surface area contributed by atoms with Crippen LogP contribution in [0, 0.1) is 13.8 Å². The van der Waals surface area contributed by atoms with E-state index < -0.39 is 0 Å². The van der Waals surface area contributed by atoms with Crippen LogP contribution in [0.2, 0.25) is 0 Å². The predicted molar refractivity (Wildman–Crippen MR) is 98.3 cm³/mol. The summed E-state index contributed by atoms with van der Waals surface area (Å²) in [6.45, 7) is 5.09. The summed E-state index contributed by atoms with van der Waals surface area (Å²) in [5, 5.41) is 5.64. The lowest BCUT2D eigenvalue weighted by molar-refractivity contribution is -0.136. The van der Waals surface area contributed by atoms with Gasteiger partial charge in [-0.05, 0) is 56.7 Å². The molecule has 130 valence electrons. The lowest BCUT2D eigenvalue weighted by Crippen LogP contribution is -2.40. The second-order valence-corrected chi connectivity index (χ2v) is 7.00. The number of fused-ring (bicyclic) bond motifs is 1. The van der Waals surface area contributed by atoms with Crippen LogP contribution >= 0.6 is 0 Å². The number of H-pyrrole nitrogens is 1. The Hall–Kier alpha value is -2.56. The minimum Gasteiger partial charge on any atom is -0.357 e. The number of aromatic amines is 1. The van der Waals surface area contributed by atoms with Gasteiger partial charge in [0.1, 0.15) is 6.54 Å². The number of piperidine rings is 1. The molecule has 0 saturated carbocycles. The number of likely N-dealkylation sites (tertiary alicyclic amines) is 1. The molecule has 1 aromatic carbocycles.